The number of benzene rings is 1. The lowest BCUT2D eigenvalue weighted by Crippen LogP contribution is -2.35. The second-order valence-electron chi connectivity index (χ2n) is 4.58. The predicted octanol–water partition coefficient (Wildman–Crippen LogP) is 2.01. The third-order valence-corrected chi connectivity index (χ3v) is 3.73. The molecule has 96 valence electrons. The van der Waals surface area contributed by atoms with Gasteiger partial charge in [-0.25, -0.2) is 0 Å². The first kappa shape index (κ1) is 12.8. The van der Waals surface area contributed by atoms with Crippen molar-refractivity contribution in [1.82, 2.24) is 0 Å². The van der Waals surface area contributed by atoms with Gasteiger partial charge < -0.3 is 15.8 Å². The predicted molar refractivity (Wildman–Crippen MR) is 74.8 cm³/mol. The molecule has 18 heavy (non-hydrogen) atoms. The van der Waals surface area contributed by atoms with Gasteiger partial charge in [-0.2, -0.15) is 0 Å². The molecule has 0 heterocycles. The normalized spacial score (nSPS) is 15.9. The monoisotopic (exact) mass is 264 g/mol. The van der Waals surface area contributed by atoms with Gasteiger partial charge in [0.05, 0.1) is 17.5 Å². The summed E-state index contributed by atoms with van der Waals surface area (Å²) in [5.41, 5.74) is 6.71. The number of thiocarbonyl (C=S) groups is 1. The largest absolute Gasteiger partial charge is 0.497 e. The van der Waals surface area contributed by atoms with Gasteiger partial charge in [0.1, 0.15) is 5.75 Å². The lowest BCUT2D eigenvalue weighted by molar-refractivity contribution is -0.118. The molecule has 2 rings (SSSR count). The molecule has 1 saturated carbocycles. The quantitative estimate of drug-likeness (QED) is 0.817. The van der Waals surface area contributed by atoms with Crippen LogP contribution in [0.2, 0.25) is 0 Å². The van der Waals surface area contributed by atoms with Crippen molar-refractivity contribution >= 4 is 28.8 Å². The number of methoxy groups -OCH3 is 1. The first-order valence-corrected chi connectivity index (χ1v) is 6.16. The van der Waals surface area contributed by atoms with Crippen LogP contribution in [0.5, 0.6) is 5.75 Å². The zero-order chi connectivity index (χ0) is 13.3. The number of anilines is 1. The van der Waals surface area contributed by atoms with Gasteiger partial charge in [-0.15, -0.1) is 0 Å². The van der Waals surface area contributed by atoms with E-state index in [0.717, 1.165) is 29.8 Å². The van der Waals surface area contributed by atoms with Gasteiger partial charge >= 0.3 is 0 Å². The van der Waals surface area contributed by atoms with Crippen LogP contribution in [0.25, 0.3) is 0 Å². The van der Waals surface area contributed by atoms with Crippen molar-refractivity contribution in [2.75, 3.05) is 12.4 Å². The Morgan fingerprint density at radius 3 is 2.61 bits per heavy atom. The minimum Gasteiger partial charge on any atom is -0.497 e. The number of nitrogens with two attached hydrogens (primary N) is 1. The number of ether oxygens (including phenoxy) is 1. The van der Waals surface area contributed by atoms with E-state index in [-0.39, 0.29) is 10.9 Å². The van der Waals surface area contributed by atoms with Crippen molar-refractivity contribution < 1.29 is 9.53 Å². The number of nitrogens with one attached hydrogen (secondary N) is 1. The smallest absolute Gasteiger partial charge is 0.237 e. The maximum Gasteiger partial charge on any atom is 0.237 e. The fraction of sp³-hybridized carbons (Fsp3) is 0.385. The molecule has 1 fully saturated rings. The highest BCUT2D eigenvalue weighted by atomic mass is 32.1. The fourth-order valence-corrected chi connectivity index (χ4v) is 2.15. The summed E-state index contributed by atoms with van der Waals surface area (Å²) in [6.07, 6.45) is 1.48. The molecule has 5 heteroatoms. The summed E-state index contributed by atoms with van der Waals surface area (Å²) in [5, 5.41) is 2.88. The van der Waals surface area contributed by atoms with E-state index in [1.807, 2.05) is 25.1 Å². The van der Waals surface area contributed by atoms with Crippen LogP contribution < -0.4 is 15.8 Å². The minimum absolute atomic E-state index is 0.108. The van der Waals surface area contributed by atoms with Crippen LogP contribution >= 0.6 is 12.2 Å². The average molecular weight is 264 g/mol. The molecule has 1 aromatic carbocycles. The zero-order valence-corrected chi connectivity index (χ0v) is 11.3. The number of amides is 1. The molecule has 0 saturated heterocycles. The van der Waals surface area contributed by atoms with E-state index in [1.54, 1.807) is 7.11 Å². The van der Waals surface area contributed by atoms with Crippen molar-refractivity contribution in [3.8, 4) is 5.75 Å². The van der Waals surface area contributed by atoms with Crippen LogP contribution in [0.3, 0.4) is 0 Å². The lowest BCUT2D eigenvalue weighted by atomic mass is 10.1. The summed E-state index contributed by atoms with van der Waals surface area (Å²) in [6, 6.07) is 5.50. The summed E-state index contributed by atoms with van der Waals surface area (Å²) < 4.78 is 5.12. The summed E-state index contributed by atoms with van der Waals surface area (Å²) in [4.78, 5) is 12.4. The van der Waals surface area contributed by atoms with Crippen LogP contribution in [0.1, 0.15) is 18.4 Å². The van der Waals surface area contributed by atoms with Crippen LogP contribution in [0.4, 0.5) is 5.69 Å². The first-order chi connectivity index (χ1) is 8.49. The summed E-state index contributed by atoms with van der Waals surface area (Å²) in [7, 11) is 1.61. The number of carbonyl (C=O) groups is 1. The zero-order valence-electron chi connectivity index (χ0n) is 10.4. The van der Waals surface area contributed by atoms with Gasteiger partial charge in [-0.05, 0) is 43.5 Å². The number of hydrogen-bond acceptors (Lipinski definition) is 3. The van der Waals surface area contributed by atoms with Gasteiger partial charge in [-0.3, -0.25) is 4.79 Å². The summed E-state index contributed by atoms with van der Waals surface area (Å²) in [6.45, 7) is 1.92. The summed E-state index contributed by atoms with van der Waals surface area (Å²) in [5.74, 6) is 0.657. The Balaban J connectivity index is 2.15. The van der Waals surface area contributed by atoms with Gasteiger partial charge in [0.2, 0.25) is 5.91 Å². The Kier molecular flexibility index (Phi) is 3.26. The van der Waals surface area contributed by atoms with Crippen molar-refractivity contribution in [3.63, 3.8) is 0 Å². The molecule has 1 aromatic rings. The molecule has 1 aliphatic rings. The van der Waals surface area contributed by atoms with Crippen LogP contribution in [0.15, 0.2) is 18.2 Å². The van der Waals surface area contributed by atoms with Gasteiger partial charge in [0.25, 0.3) is 0 Å². The highest BCUT2D eigenvalue weighted by molar-refractivity contribution is 7.80. The Labute approximate surface area is 112 Å². The minimum atomic E-state index is -0.623. The number of rotatable bonds is 4. The Bertz CT molecular complexity index is 510. The van der Waals surface area contributed by atoms with E-state index < -0.39 is 5.41 Å². The third-order valence-electron chi connectivity index (χ3n) is 3.34. The van der Waals surface area contributed by atoms with E-state index >= 15 is 0 Å². The van der Waals surface area contributed by atoms with E-state index in [2.05, 4.69) is 5.32 Å². The average Bonchev–Trinajstić information content (AvgIpc) is 3.12. The second kappa shape index (κ2) is 4.57. The van der Waals surface area contributed by atoms with E-state index in [1.165, 1.54) is 0 Å². The van der Waals surface area contributed by atoms with E-state index in [9.17, 15) is 4.79 Å². The van der Waals surface area contributed by atoms with Crippen molar-refractivity contribution in [2.24, 2.45) is 11.1 Å². The second-order valence-corrected chi connectivity index (χ2v) is 5.02. The molecule has 3 N–H and O–H groups in total. The van der Waals surface area contributed by atoms with Gasteiger partial charge in [-0.1, -0.05) is 12.2 Å². The Hall–Kier alpha value is -1.62. The van der Waals surface area contributed by atoms with E-state index in [4.69, 9.17) is 22.7 Å². The Morgan fingerprint density at radius 2 is 2.17 bits per heavy atom. The molecule has 0 aromatic heterocycles. The number of hydrogen-bond donors (Lipinski definition) is 2. The van der Waals surface area contributed by atoms with Crippen molar-refractivity contribution in [2.45, 2.75) is 19.8 Å². The van der Waals surface area contributed by atoms with Crippen LogP contribution in [0, 0.1) is 12.3 Å². The van der Waals surface area contributed by atoms with Crippen molar-refractivity contribution in [3.05, 3.63) is 23.8 Å². The van der Waals surface area contributed by atoms with Gasteiger partial charge in [0.15, 0.2) is 0 Å². The standard InChI is InChI=1S/C13H16N2O2S/c1-8-7-9(17-2)3-4-10(8)15-12(16)13(5-6-13)11(14)18/h3-4,7H,5-6H2,1-2H3,(H2,14,18)(H,15,16). The number of carbonyl (C=O) groups excluding carboxylic acids is 1. The Morgan fingerprint density at radius 1 is 1.50 bits per heavy atom. The molecule has 1 amide bonds. The molecular formula is C13H16N2O2S. The molecule has 0 unspecified atom stereocenters. The molecule has 0 aliphatic heterocycles. The highest BCUT2D eigenvalue weighted by Crippen LogP contribution is 2.47. The van der Waals surface area contributed by atoms with Crippen molar-refractivity contribution in [1.29, 1.82) is 0 Å². The highest BCUT2D eigenvalue weighted by Gasteiger charge is 2.52. The third kappa shape index (κ3) is 2.18. The van der Waals surface area contributed by atoms with Crippen LogP contribution in [-0.4, -0.2) is 18.0 Å². The first-order valence-electron chi connectivity index (χ1n) is 5.75. The maximum atomic E-state index is 12.1. The molecule has 0 atom stereocenters. The SMILES string of the molecule is COc1ccc(NC(=O)C2(C(N)=S)CC2)c(C)c1. The number of aryl methyl sites for hydroxylation is 1. The van der Waals surface area contributed by atoms with E-state index in [0.29, 0.717) is 0 Å². The summed E-state index contributed by atoms with van der Waals surface area (Å²) >= 11 is 4.96. The molecule has 4 nitrogen and oxygen atoms in total. The fourth-order valence-electron chi connectivity index (χ4n) is 1.86. The molecular weight excluding hydrogens is 248 g/mol. The molecule has 0 spiro atoms. The molecule has 0 bridgehead atoms. The topological polar surface area (TPSA) is 64.3 Å². The van der Waals surface area contributed by atoms with Crippen LogP contribution in [-0.2, 0) is 4.79 Å². The lowest BCUT2D eigenvalue weighted by Gasteiger charge is -2.15. The maximum absolute atomic E-state index is 12.1. The molecule has 1 aliphatic carbocycles. The molecule has 0 radical (unpaired) electrons. The van der Waals surface area contributed by atoms with Gasteiger partial charge in [0, 0.05) is 5.69 Å².